The van der Waals surface area contributed by atoms with Gasteiger partial charge in [-0.2, -0.15) is 5.26 Å². The van der Waals surface area contributed by atoms with Gasteiger partial charge in [0.15, 0.2) is 0 Å². The van der Waals surface area contributed by atoms with Crippen molar-refractivity contribution in [3.05, 3.63) is 48.0 Å². The monoisotopic (exact) mass is 323 g/mol. The van der Waals surface area contributed by atoms with E-state index in [0.717, 1.165) is 0 Å². The first-order valence-corrected chi connectivity index (χ1v) is 8.05. The molecule has 0 aromatic heterocycles. The normalized spacial score (nSPS) is 10.7. The average molecular weight is 324 g/mol. The maximum atomic E-state index is 11.1. The molecule has 0 atom stereocenters. The standard InChI is InChI=1S/C14H10ClNO4S/c1-19-12-6-10(9-16)7-13(8-12)20-11-2-4-14(5-3-11)21(15,17)18/h2-8H,1H3. The summed E-state index contributed by atoms with van der Waals surface area (Å²) in [5, 5.41) is 8.93. The summed E-state index contributed by atoms with van der Waals surface area (Å²) in [7, 11) is 2.96. The van der Waals surface area contributed by atoms with Crippen molar-refractivity contribution < 1.29 is 17.9 Å². The van der Waals surface area contributed by atoms with Gasteiger partial charge in [-0.25, -0.2) is 8.42 Å². The number of nitriles is 1. The quantitative estimate of drug-likeness (QED) is 0.807. The number of benzene rings is 2. The second-order valence-corrected chi connectivity index (χ2v) is 6.59. The third-order valence-corrected chi connectivity index (χ3v) is 3.96. The van der Waals surface area contributed by atoms with Crippen molar-refractivity contribution in [2.75, 3.05) is 7.11 Å². The van der Waals surface area contributed by atoms with Crippen LogP contribution in [0.3, 0.4) is 0 Å². The van der Waals surface area contributed by atoms with E-state index in [0.29, 0.717) is 22.8 Å². The Morgan fingerprint density at radius 2 is 1.67 bits per heavy atom. The van der Waals surface area contributed by atoms with Crippen LogP contribution in [-0.4, -0.2) is 15.5 Å². The Labute approximate surface area is 126 Å². The van der Waals surface area contributed by atoms with E-state index in [1.165, 1.54) is 31.4 Å². The lowest BCUT2D eigenvalue weighted by atomic mass is 10.2. The summed E-state index contributed by atoms with van der Waals surface area (Å²) in [6, 6.07) is 12.4. The van der Waals surface area contributed by atoms with E-state index in [1.54, 1.807) is 18.2 Å². The average Bonchev–Trinajstić information content (AvgIpc) is 2.46. The highest BCUT2D eigenvalue weighted by Crippen LogP contribution is 2.28. The van der Waals surface area contributed by atoms with E-state index >= 15 is 0 Å². The number of hydrogen-bond donors (Lipinski definition) is 0. The van der Waals surface area contributed by atoms with Crippen LogP contribution in [0.25, 0.3) is 0 Å². The molecule has 0 aliphatic rings. The van der Waals surface area contributed by atoms with Gasteiger partial charge in [-0.3, -0.25) is 0 Å². The Bertz CT molecular complexity index is 795. The number of ether oxygens (including phenoxy) is 2. The molecular weight excluding hydrogens is 314 g/mol. The van der Waals surface area contributed by atoms with Gasteiger partial charge in [0.2, 0.25) is 0 Å². The molecule has 0 bridgehead atoms. The molecule has 0 aliphatic carbocycles. The maximum Gasteiger partial charge on any atom is 0.261 e. The predicted molar refractivity (Wildman–Crippen MR) is 77.3 cm³/mol. The molecule has 0 spiro atoms. The summed E-state index contributed by atoms with van der Waals surface area (Å²) >= 11 is 0. The molecule has 0 heterocycles. The van der Waals surface area contributed by atoms with Crippen molar-refractivity contribution in [2.24, 2.45) is 0 Å². The zero-order chi connectivity index (χ0) is 15.5. The van der Waals surface area contributed by atoms with Crippen LogP contribution in [0.5, 0.6) is 17.2 Å². The molecule has 7 heteroatoms. The third kappa shape index (κ3) is 3.88. The third-order valence-electron chi connectivity index (χ3n) is 2.59. The molecular formula is C14H10ClNO4S. The zero-order valence-corrected chi connectivity index (χ0v) is 12.5. The fraction of sp³-hybridized carbons (Fsp3) is 0.0714. The molecule has 0 radical (unpaired) electrons. The second-order valence-electron chi connectivity index (χ2n) is 4.02. The molecule has 0 amide bonds. The van der Waals surface area contributed by atoms with E-state index in [2.05, 4.69) is 0 Å². The van der Waals surface area contributed by atoms with Crippen LogP contribution >= 0.6 is 10.7 Å². The minimum absolute atomic E-state index is 0.0140. The van der Waals surface area contributed by atoms with Gasteiger partial charge < -0.3 is 9.47 Å². The molecule has 0 saturated carbocycles. The van der Waals surface area contributed by atoms with Gasteiger partial charge in [-0.15, -0.1) is 0 Å². The predicted octanol–water partition coefficient (Wildman–Crippen LogP) is 3.29. The van der Waals surface area contributed by atoms with Crippen LogP contribution in [-0.2, 0) is 9.05 Å². The van der Waals surface area contributed by atoms with Gasteiger partial charge >= 0.3 is 0 Å². The number of rotatable bonds is 4. The summed E-state index contributed by atoms with van der Waals surface area (Å²) < 4.78 is 32.9. The first-order chi connectivity index (χ1) is 9.92. The summed E-state index contributed by atoms with van der Waals surface area (Å²) in [5.74, 6) is 1.31. The van der Waals surface area contributed by atoms with Gasteiger partial charge in [-0.1, -0.05) is 0 Å². The lowest BCUT2D eigenvalue weighted by molar-refractivity contribution is 0.409. The van der Waals surface area contributed by atoms with Gasteiger partial charge in [0.25, 0.3) is 9.05 Å². The topological polar surface area (TPSA) is 76.4 Å². The van der Waals surface area contributed by atoms with E-state index in [4.69, 9.17) is 25.4 Å². The largest absolute Gasteiger partial charge is 0.497 e. The van der Waals surface area contributed by atoms with Crippen LogP contribution in [0, 0.1) is 11.3 Å². The molecule has 108 valence electrons. The van der Waals surface area contributed by atoms with E-state index in [-0.39, 0.29) is 4.90 Å². The van der Waals surface area contributed by atoms with Crippen LogP contribution in [0.4, 0.5) is 0 Å². The van der Waals surface area contributed by atoms with Crippen LogP contribution in [0.1, 0.15) is 5.56 Å². The number of methoxy groups -OCH3 is 1. The van der Waals surface area contributed by atoms with Crippen molar-refractivity contribution >= 4 is 19.7 Å². The van der Waals surface area contributed by atoms with Crippen molar-refractivity contribution in [1.29, 1.82) is 5.26 Å². The summed E-state index contributed by atoms with van der Waals surface area (Å²) in [4.78, 5) is -0.0140. The van der Waals surface area contributed by atoms with Gasteiger partial charge in [0.1, 0.15) is 17.2 Å². The molecule has 0 saturated heterocycles. The molecule has 2 rings (SSSR count). The van der Waals surface area contributed by atoms with Crippen molar-refractivity contribution in [3.8, 4) is 23.3 Å². The van der Waals surface area contributed by atoms with Gasteiger partial charge in [0, 0.05) is 16.7 Å². The summed E-state index contributed by atoms with van der Waals surface area (Å²) in [6.07, 6.45) is 0. The molecule has 0 fully saturated rings. The summed E-state index contributed by atoms with van der Waals surface area (Å²) in [6.45, 7) is 0. The minimum Gasteiger partial charge on any atom is -0.497 e. The van der Waals surface area contributed by atoms with E-state index < -0.39 is 9.05 Å². The Kier molecular flexibility index (Phi) is 4.36. The highest BCUT2D eigenvalue weighted by molar-refractivity contribution is 8.13. The Morgan fingerprint density at radius 3 is 2.19 bits per heavy atom. The minimum atomic E-state index is -3.76. The van der Waals surface area contributed by atoms with E-state index in [1.807, 2.05) is 6.07 Å². The van der Waals surface area contributed by atoms with Crippen molar-refractivity contribution in [2.45, 2.75) is 4.90 Å². The number of hydrogen-bond acceptors (Lipinski definition) is 5. The SMILES string of the molecule is COc1cc(C#N)cc(Oc2ccc(S(=O)(=O)Cl)cc2)c1. The first kappa shape index (κ1) is 15.2. The van der Waals surface area contributed by atoms with Crippen molar-refractivity contribution in [1.82, 2.24) is 0 Å². The lowest BCUT2D eigenvalue weighted by Crippen LogP contribution is -1.91. The van der Waals surface area contributed by atoms with Crippen LogP contribution < -0.4 is 9.47 Å². The number of halogens is 1. The molecule has 2 aromatic carbocycles. The molecule has 21 heavy (non-hydrogen) atoms. The zero-order valence-electron chi connectivity index (χ0n) is 10.9. The molecule has 0 N–H and O–H groups in total. The van der Waals surface area contributed by atoms with Gasteiger partial charge in [-0.05, 0) is 36.4 Å². The molecule has 0 aliphatic heterocycles. The fourth-order valence-electron chi connectivity index (χ4n) is 1.62. The summed E-state index contributed by atoms with van der Waals surface area (Å²) in [5.41, 5.74) is 0.393. The van der Waals surface area contributed by atoms with Gasteiger partial charge in [0.05, 0.1) is 23.6 Å². The lowest BCUT2D eigenvalue weighted by Gasteiger charge is -2.08. The molecule has 0 unspecified atom stereocenters. The fourth-order valence-corrected chi connectivity index (χ4v) is 2.39. The maximum absolute atomic E-state index is 11.1. The highest BCUT2D eigenvalue weighted by atomic mass is 35.7. The Morgan fingerprint density at radius 1 is 1.05 bits per heavy atom. The Balaban J connectivity index is 2.28. The van der Waals surface area contributed by atoms with Crippen molar-refractivity contribution in [3.63, 3.8) is 0 Å². The smallest absolute Gasteiger partial charge is 0.261 e. The van der Waals surface area contributed by atoms with E-state index in [9.17, 15) is 8.42 Å². The first-order valence-electron chi connectivity index (χ1n) is 5.74. The second kappa shape index (κ2) is 6.04. The number of nitrogens with zero attached hydrogens (tertiary/aromatic N) is 1. The molecule has 5 nitrogen and oxygen atoms in total. The highest BCUT2D eigenvalue weighted by Gasteiger charge is 2.10. The van der Waals surface area contributed by atoms with Crippen LogP contribution in [0.15, 0.2) is 47.4 Å². The Hall–Kier alpha value is -2.23. The van der Waals surface area contributed by atoms with Crippen LogP contribution in [0.2, 0.25) is 0 Å². The molecule has 2 aromatic rings.